The Hall–Kier alpha value is -2.34. The molecule has 1 amide bonds. The average Bonchev–Trinajstić information content (AvgIpc) is 3.05. The predicted octanol–water partition coefficient (Wildman–Crippen LogP) is 3.12. The normalized spacial score (nSPS) is 11.7. The number of thiophene rings is 1. The van der Waals surface area contributed by atoms with E-state index in [1.54, 1.807) is 49.6 Å². The van der Waals surface area contributed by atoms with Gasteiger partial charge in [0.15, 0.2) is 0 Å². The number of amides is 1. The molecule has 6 heteroatoms. The first-order valence-corrected chi connectivity index (χ1v) is 8.09. The van der Waals surface area contributed by atoms with E-state index in [0.717, 1.165) is 4.88 Å². The monoisotopic (exact) mass is 333 g/mol. The lowest BCUT2D eigenvalue weighted by Gasteiger charge is -2.19. The molecule has 1 atom stereocenters. The lowest BCUT2D eigenvalue weighted by atomic mass is 10.1. The maximum Gasteiger partial charge on any atom is 0.308 e. The molecule has 1 unspecified atom stereocenters. The van der Waals surface area contributed by atoms with Crippen LogP contribution in [0, 0.1) is 5.92 Å². The summed E-state index contributed by atoms with van der Waals surface area (Å²) in [4.78, 5) is 25.8. The van der Waals surface area contributed by atoms with Crippen molar-refractivity contribution < 1.29 is 19.4 Å². The average molecular weight is 333 g/mol. The highest BCUT2D eigenvalue weighted by molar-refractivity contribution is 7.09. The number of benzene rings is 1. The molecule has 0 spiro atoms. The number of hydrogen-bond donors (Lipinski definition) is 1. The van der Waals surface area contributed by atoms with Crippen molar-refractivity contribution in [3.8, 4) is 5.75 Å². The van der Waals surface area contributed by atoms with E-state index in [-0.39, 0.29) is 12.5 Å². The molecule has 2 rings (SSSR count). The number of carbonyl (C=O) groups excluding carboxylic acids is 1. The molecule has 1 heterocycles. The van der Waals surface area contributed by atoms with Crippen LogP contribution in [0.4, 0.5) is 0 Å². The molecule has 23 heavy (non-hydrogen) atoms. The molecule has 0 aliphatic heterocycles. The van der Waals surface area contributed by atoms with Crippen LogP contribution < -0.4 is 4.74 Å². The highest BCUT2D eigenvalue weighted by Crippen LogP contribution is 2.18. The summed E-state index contributed by atoms with van der Waals surface area (Å²) in [5.41, 5.74) is 0.480. The topological polar surface area (TPSA) is 66.8 Å². The molecule has 0 saturated heterocycles. The van der Waals surface area contributed by atoms with Crippen molar-refractivity contribution in [3.05, 3.63) is 52.2 Å². The maximum absolute atomic E-state index is 12.4. The van der Waals surface area contributed by atoms with Crippen molar-refractivity contribution in [2.45, 2.75) is 13.5 Å². The molecule has 0 fully saturated rings. The van der Waals surface area contributed by atoms with Crippen LogP contribution in [0.2, 0.25) is 0 Å². The van der Waals surface area contributed by atoms with E-state index >= 15 is 0 Å². The largest absolute Gasteiger partial charge is 0.488 e. The Morgan fingerprint density at radius 1 is 1.30 bits per heavy atom. The van der Waals surface area contributed by atoms with E-state index in [0.29, 0.717) is 17.9 Å². The lowest BCUT2D eigenvalue weighted by molar-refractivity contribution is -0.141. The molecular formula is C17H19NO4S. The minimum absolute atomic E-state index is 0.161. The van der Waals surface area contributed by atoms with Gasteiger partial charge in [-0.3, -0.25) is 9.59 Å². The summed E-state index contributed by atoms with van der Waals surface area (Å²) in [7, 11) is 1.60. The minimum atomic E-state index is -0.919. The maximum atomic E-state index is 12.4. The van der Waals surface area contributed by atoms with E-state index < -0.39 is 11.9 Å². The molecule has 5 nitrogen and oxygen atoms in total. The molecule has 1 aromatic heterocycles. The predicted molar refractivity (Wildman–Crippen MR) is 88.9 cm³/mol. The number of ether oxygens (including phenoxy) is 1. The number of carboxylic acids is 1. The quantitative estimate of drug-likeness (QED) is 0.845. The van der Waals surface area contributed by atoms with Crippen molar-refractivity contribution in [1.29, 1.82) is 0 Å². The summed E-state index contributed by atoms with van der Waals surface area (Å²) in [6, 6.07) is 10.9. The molecule has 2 aromatic rings. The summed E-state index contributed by atoms with van der Waals surface area (Å²) >= 11 is 1.61. The molecule has 122 valence electrons. The fraction of sp³-hybridized carbons (Fsp3) is 0.294. The summed E-state index contributed by atoms with van der Waals surface area (Å²) in [6.07, 6.45) is 0. The molecule has 0 aliphatic rings. The zero-order valence-corrected chi connectivity index (χ0v) is 13.9. The van der Waals surface area contributed by atoms with Gasteiger partial charge >= 0.3 is 5.97 Å². The third kappa shape index (κ3) is 4.82. The van der Waals surface area contributed by atoms with Crippen LogP contribution >= 0.6 is 11.3 Å². The second kappa shape index (κ2) is 7.78. The van der Waals surface area contributed by atoms with Crippen molar-refractivity contribution >= 4 is 23.2 Å². The lowest BCUT2D eigenvalue weighted by Crippen LogP contribution is -2.33. The summed E-state index contributed by atoms with van der Waals surface area (Å²) in [6.45, 7) is 2.20. The minimum Gasteiger partial charge on any atom is -0.488 e. The van der Waals surface area contributed by atoms with Crippen LogP contribution in [0.5, 0.6) is 5.75 Å². The first-order valence-electron chi connectivity index (χ1n) is 7.21. The fourth-order valence-corrected chi connectivity index (χ4v) is 2.68. The zero-order valence-electron chi connectivity index (χ0n) is 13.1. The summed E-state index contributed by atoms with van der Waals surface area (Å²) in [5, 5.41) is 10.9. The molecule has 0 radical (unpaired) electrons. The SMILES string of the molecule is CC(CN(C)C(=O)c1cccc(OCc2cccs2)c1)C(=O)O. The van der Waals surface area contributed by atoms with E-state index in [1.807, 2.05) is 17.5 Å². The van der Waals surface area contributed by atoms with E-state index in [9.17, 15) is 9.59 Å². The van der Waals surface area contributed by atoms with Crippen molar-refractivity contribution in [3.63, 3.8) is 0 Å². The van der Waals surface area contributed by atoms with E-state index in [4.69, 9.17) is 9.84 Å². The Labute approximate surface area is 139 Å². The second-order valence-electron chi connectivity index (χ2n) is 5.32. The standard InChI is InChI=1S/C17H19NO4S/c1-12(17(20)21)10-18(2)16(19)13-5-3-6-14(9-13)22-11-15-7-4-8-23-15/h3-9,12H,10-11H2,1-2H3,(H,20,21). The van der Waals surface area contributed by atoms with Crippen LogP contribution in [-0.4, -0.2) is 35.5 Å². The molecule has 0 saturated carbocycles. The van der Waals surface area contributed by atoms with Crippen LogP contribution in [0.15, 0.2) is 41.8 Å². The Morgan fingerprint density at radius 3 is 2.74 bits per heavy atom. The zero-order chi connectivity index (χ0) is 16.8. The third-order valence-corrected chi connectivity index (χ3v) is 4.21. The van der Waals surface area contributed by atoms with Gasteiger partial charge in [-0.15, -0.1) is 11.3 Å². The van der Waals surface area contributed by atoms with Gasteiger partial charge in [0.25, 0.3) is 5.91 Å². The number of nitrogens with zero attached hydrogens (tertiary/aromatic N) is 1. The first-order chi connectivity index (χ1) is 11.0. The Morgan fingerprint density at radius 2 is 2.09 bits per heavy atom. The number of rotatable bonds is 7. The van der Waals surface area contributed by atoms with E-state index in [1.165, 1.54) is 4.90 Å². The Balaban J connectivity index is 2.00. The summed E-state index contributed by atoms with van der Waals surface area (Å²) < 4.78 is 5.69. The number of carboxylic acid groups (broad SMARTS) is 1. The highest BCUT2D eigenvalue weighted by atomic mass is 32.1. The smallest absolute Gasteiger partial charge is 0.308 e. The first kappa shape index (κ1) is 17.0. The fourth-order valence-electron chi connectivity index (χ4n) is 2.06. The van der Waals surface area contributed by atoms with Crippen LogP contribution in [0.1, 0.15) is 22.2 Å². The van der Waals surface area contributed by atoms with Gasteiger partial charge in [-0.25, -0.2) is 0 Å². The van der Waals surface area contributed by atoms with Crippen molar-refractivity contribution in [2.75, 3.05) is 13.6 Å². The highest BCUT2D eigenvalue weighted by Gasteiger charge is 2.18. The van der Waals surface area contributed by atoms with Gasteiger partial charge in [0, 0.05) is 24.0 Å². The van der Waals surface area contributed by atoms with Gasteiger partial charge in [-0.05, 0) is 29.6 Å². The van der Waals surface area contributed by atoms with Gasteiger partial charge in [0.1, 0.15) is 12.4 Å². The second-order valence-corrected chi connectivity index (χ2v) is 6.35. The van der Waals surface area contributed by atoms with Gasteiger partial charge in [-0.1, -0.05) is 19.1 Å². The van der Waals surface area contributed by atoms with Crippen LogP contribution in [-0.2, 0) is 11.4 Å². The van der Waals surface area contributed by atoms with Crippen LogP contribution in [0.25, 0.3) is 0 Å². The van der Waals surface area contributed by atoms with Gasteiger partial charge < -0.3 is 14.7 Å². The molecule has 1 aromatic carbocycles. The van der Waals surface area contributed by atoms with Crippen molar-refractivity contribution in [1.82, 2.24) is 4.90 Å². The van der Waals surface area contributed by atoms with E-state index in [2.05, 4.69) is 0 Å². The molecule has 0 bridgehead atoms. The number of hydrogen-bond acceptors (Lipinski definition) is 4. The Kier molecular flexibility index (Phi) is 5.76. The van der Waals surface area contributed by atoms with Crippen molar-refractivity contribution in [2.24, 2.45) is 5.92 Å². The van der Waals surface area contributed by atoms with Gasteiger partial charge in [-0.2, -0.15) is 0 Å². The molecular weight excluding hydrogens is 314 g/mol. The van der Waals surface area contributed by atoms with Crippen LogP contribution in [0.3, 0.4) is 0 Å². The number of aliphatic carboxylic acids is 1. The Bertz CT molecular complexity index is 669. The third-order valence-electron chi connectivity index (χ3n) is 3.36. The molecule has 0 aliphatic carbocycles. The van der Waals surface area contributed by atoms with Gasteiger partial charge in [0.2, 0.25) is 0 Å². The summed E-state index contributed by atoms with van der Waals surface area (Å²) in [5.74, 6) is -1.14. The number of carbonyl (C=O) groups is 2. The molecule has 1 N–H and O–H groups in total. The van der Waals surface area contributed by atoms with Gasteiger partial charge in [0.05, 0.1) is 5.92 Å².